The van der Waals surface area contributed by atoms with Gasteiger partial charge >= 0.3 is 0 Å². The van der Waals surface area contributed by atoms with E-state index in [0.29, 0.717) is 17.3 Å². The summed E-state index contributed by atoms with van der Waals surface area (Å²) < 4.78 is 27.7. The Morgan fingerprint density at radius 1 is 1.00 bits per heavy atom. The van der Waals surface area contributed by atoms with E-state index >= 15 is 0 Å². The third-order valence-electron chi connectivity index (χ3n) is 6.45. The molecule has 0 aromatic heterocycles. The van der Waals surface area contributed by atoms with Crippen LogP contribution >= 0.6 is 27.5 Å². The van der Waals surface area contributed by atoms with Gasteiger partial charge in [-0.2, -0.15) is 0 Å². The van der Waals surface area contributed by atoms with E-state index in [1.807, 2.05) is 50.2 Å². The van der Waals surface area contributed by atoms with Crippen molar-refractivity contribution in [1.82, 2.24) is 10.2 Å². The first-order chi connectivity index (χ1) is 19.0. The molecule has 3 aromatic carbocycles. The zero-order chi connectivity index (χ0) is 29.3. The van der Waals surface area contributed by atoms with Gasteiger partial charge in [0.25, 0.3) is 0 Å². The number of unbranched alkanes of at least 4 members (excludes halogenated alkanes) is 1. The molecular weight excluding hydrogens is 614 g/mol. The second-order valence-electron chi connectivity index (χ2n) is 9.70. The first-order valence-corrected chi connectivity index (χ1v) is 16.1. The number of hydrogen-bond donors (Lipinski definition) is 1. The summed E-state index contributed by atoms with van der Waals surface area (Å²) >= 11 is 9.68. The number of benzene rings is 3. The number of sulfonamides is 1. The molecule has 40 heavy (non-hydrogen) atoms. The van der Waals surface area contributed by atoms with Crippen molar-refractivity contribution in [2.45, 2.75) is 45.7 Å². The van der Waals surface area contributed by atoms with Gasteiger partial charge in [-0.05, 0) is 60.4 Å². The first-order valence-electron chi connectivity index (χ1n) is 13.1. The summed E-state index contributed by atoms with van der Waals surface area (Å²) in [5.41, 5.74) is 2.80. The Balaban J connectivity index is 2.04. The average molecular weight is 649 g/mol. The highest BCUT2D eigenvalue weighted by Gasteiger charge is 2.33. The van der Waals surface area contributed by atoms with Crippen LogP contribution in [-0.2, 0) is 32.6 Å². The molecule has 7 nitrogen and oxygen atoms in total. The van der Waals surface area contributed by atoms with Crippen molar-refractivity contribution in [2.75, 3.05) is 23.7 Å². The summed E-state index contributed by atoms with van der Waals surface area (Å²) in [4.78, 5) is 29.1. The molecule has 214 valence electrons. The van der Waals surface area contributed by atoms with Crippen molar-refractivity contribution in [2.24, 2.45) is 0 Å². The Bertz CT molecular complexity index is 1420. The Morgan fingerprint density at radius 2 is 1.70 bits per heavy atom. The van der Waals surface area contributed by atoms with Crippen molar-refractivity contribution in [1.29, 1.82) is 0 Å². The van der Waals surface area contributed by atoms with Gasteiger partial charge in [0.2, 0.25) is 21.8 Å². The molecule has 2 amide bonds. The molecule has 0 aliphatic rings. The van der Waals surface area contributed by atoms with E-state index in [1.165, 1.54) is 4.90 Å². The number of carbonyl (C=O) groups is 2. The Labute approximate surface area is 250 Å². The Hall–Kier alpha value is -2.88. The number of rotatable bonds is 13. The highest BCUT2D eigenvalue weighted by molar-refractivity contribution is 9.10. The largest absolute Gasteiger partial charge is 0.354 e. The van der Waals surface area contributed by atoms with Crippen molar-refractivity contribution >= 4 is 55.1 Å². The second kappa shape index (κ2) is 14.7. The fourth-order valence-corrected chi connectivity index (χ4v) is 5.59. The number of nitrogens with zero attached hydrogens (tertiary/aromatic N) is 2. The Kier molecular flexibility index (Phi) is 11.6. The molecule has 0 radical (unpaired) electrons. The van der Waals surface area contributed by atoms with E-state index < -0.39 is 28.5 Å². The van der Waals surface area contributed by atoms with E-state index in [4.69, 9.17) is 11.6 Å². The minimum Gasteiger partial charge on any atom is -0.354 e. The molecule has 0 saturated heterocycles. The van der Waals surface area contributed by atoms with Gasteiger partial charge in [-0.25, -0.2) is 8.42 Å². The molecule has 10 heteroatoms. The van der Waals surface area contributed by atoms with Crippen LogP contribution in [0.3, 0.4) is 0 Å². The topological polar surface area (TPSA) is 86.8 Å². The number of halogens is 2. The normalized spacial score (nSPS) is 12.0. The zero-order valence-corrected chi connectivity index (χ0v) is 26.1. The molecular formula is C30H35BrClN3O4S. The van der Waals surface area contributed by atoms with Crippen molar-refractivity contribution in [3.8, 4) is 0 Å². The van der Waals surface area contributed by atoms with Gasteiger partial charge in [-0.1, -0.05) is 83.3 Å². The summed E-state index contributed by atoms with van der Waals surface area (Å²) in [6, 6.07) is 20.8. The van der Waals surface area contributed by atoms with Crippen LogP contribution in [0.4, 0.5) is 5.69 Å². The molecule has 0 unspecified atom stereocenters. The number of carbonyl (C=O) groups excluding carboxylic acids is 2. The number of anilines is 1. The highest BCUT2D eigenvalue weighted by atomic mass is 79.9. The smallest absolute Gasteiger partial charge is 0.244 e. The van der Waals surface area contributed by atoms with Crippen LogP contribution in [0.5, 0.6) is 0 Å². The third-order valence-corrected chi connectivity index (χ3v) is 8.72. The summed E-state index contributed by atoms with van der Waals surface area (Å²) in [7, 11) is -3.83. The van der Waals surface area contributed by atoms with Crippen LogP contribution in [0.25, 0.3) is 0 Å². The van der Waals surface area contributed by atoms with Gasteiger partial charge in [0, 0.05) is 29.0 Å². The molecule has 1 atom stereocenters. The standard InChI is InChI=1S/C30H35BrClN3O4S/c1-4-5-16-33-30(37)28(19-23-10-7-6-8-11-23)34(20-24-12-9-13-25(32)18-24)29(36)21-35(40(3,38)39)26-14-15-27(31)22(2)17-26/h6-15,17-18,28H,4-5,16,19-21H2,1-3H3,(H,33,37)/t28-/m1/s1. The summed E-state index contributed by atoms with van der Waals surface area (Å²) in [6.07, 6.45) is 3.04. The maximum Gasteiger partial charge on any atom is 0.244 e. The highest BCUT2D eigenvalue weighted by Crippen LogP contribution is 2.25. The van der Waals surface area contributed by atoms with Crippen molar-refractivity contribution in [3.05, 3.63) is 99.0 Å². The SMILES string of the molecule is CCCCNC(=O)[C@@H](Cc1ccccc1)N(Cc1cccc(Cl)c1)C(=O)CN(c1ccc(Br)c(C)c1)S(C)(=O)=O. The van der Waals surface area contributed by atoms with Gasteiger partial charge in [0.05, 0.1) is 11.9 Å². The van der Waals surface area contributed by atoms with Gasteiger partial charge in [0.1, 0.15) is 12.6 Å². The molecule has 0 spiro atoms. The third kappa shape index (κ3) is 9.08. The lowest BCUT2D eigenvalue weighted by Gasteiger charge is -2.33. The van der Waals surface area contributed by atoms with E-state index in [2.05, 4.69) is 21.2 Å². The predicted molar refractivity (Wildman–Crippen MR) is 165 cm³/mol. The molecule has 0 fully saturated rings. The molecule has 0 heterocycles. The molecule has 0 aliphatic heterocycles. The number of hydrogen-bond acceptors (Lipinski definition) is 4. The number of aryl methyl sites for hydroxylation is 1. The minimum atomic E-state index is -3.83. The van der Waals surface area contributed by atoms with Crippen molar-refractivity contribution in [3.63, 3.8) is 0 Å². The van der Waals surface area contributed by atoms with Gasteiger partial charge in [0.15, 0.2) is 0 Å². The number of amides is 2. The van der Waals surface area contributed by atoms with E-state index in [1.54, 1.807) is 36.4 Å². The fraction of sp³-hybridized carbons (Fsp3) is 0.333. The fourth-order valence-electron chi connectivity index (χ4n) is 4.29. The molecule has 1 N–H and O–H groups in total. The predicted octanol–water partition coefficient (Wildman–Crippen LogP) is 5.73. The van der Waals surface area contributed by atoms with E-state index in [9.17, 15) is 18.0 Å². The second-order valence-corrected chi connectivity index (χ2v) is 12.9. The first kappa shape index (κ1) is 31.6. The maximum absolute atomic E-state index is 14.1. The molecule has 3 rings (SSSR count). The lowest BCUT2D eigenvalue weighted by Crippen LogP contribution is -2.53. The van der Waals surface area contributed by atoms with Gasteiger partial charge in [-0.3, -0.25) is 13.9 Å². The lowest BCUT2D eigenvalue weighted by atomic mass is 10.0. The van der Waals surface area contributed by atoms with Gasteiger partial charge < -0.3 is 10.2 Å². The van der Waals surface area contributed by atoms with Crippen LogP contribution in [-0.4, -0.2) is 50.5 Å². The van der Waals surface area contributed by atoms with E-state index in [-0.39, 0.29) is 18.9 Å². The van der Waals surface area contributed by atoms with Crippen LogP contribution in [0.1, 0.15) is 36.5 Å². The monoisotopic (exact) mass is 647 g/mol. The summed E-state index contributed by atoms with van der Waals surface area (Å²) in [5, 5.41) is 3.47. The lowest BCUT2D eigenvalue weighted by molar-refractivity contribution is -0.140. The zero-order valence-electron chi connectivity index (χ0n) is 22.9. The number of nitrogens with one attached hydrogen (secondary N) is 1. The van der Waals surface area contributed by atoms with Gasteiger partial charge in [-0.15, -0.1) is 0 Å². The van der Waals surface area contributed by atoms with Crippen LogP contribution in [0, 0.1) is 6.92 Å². The molecule has 0 aliphatic carbocycles. The minimum absolute atomic E-state index is 0.0784. The van der Waals surface area contributed by atoms with Crippen LogP contribution in [0.15, 0.2) is 77.3 Å². The van der Waals surface area contributed by atoms with Crippen LogP contribution in [0.2, 0.25) is 5.02 Å². The molecule has 0 bridgehead atoms. The summed E-state index contributed by atoms with van der Waals surface area (Å²) in [5.74, 6) is -0.796. The quantitative estimate of drug-likeness (QED) is 0.240. The maximum atomic E-state index is 14.1. The summed E-state index contributed by atoms with van der Waals surface area (Å²) in [6.45, 7) is 3.97. The molecule has 3 aromatic rings. The van der Waals surface area contributed by atoms with E-state index in [0.717, 1.165) is 44.6 Å². The van der Waals surface area contributed by atoms with Crippen LogP contribution < -0.4 is 9.62 Å². The van der Waals surface area contributed by atoms with Crippen molar-refractivity contribution < 1.29 is 18.0 Å². The Morgan fingerprint density at radius 3 is 2.33 bits per heavy atom. The molecule has 0 saturated carbocycles. The average Bonchev–Trinajstić information content (AvgIpc) is 2.91.